The second-order valence-corrected chi connectivity index (χ2v) is 8.14. The van der Waals surface area contributed by atoms with Crippen LogP contribution < -0.4 is 9.46 Å². The summed E-state index contributed by atoms with van der Waals surface area (Å²) in [6.45, 7) is 1.40. The molecule has 0 aliphatic carbocycles. The number of hydrogen-bond donors (Lipinski definition) is 1. The maximum atomic E-state index is 12.5. The van der Waals surface area contributed by atoms with Crippen molar-refractivity contribution < 1.29 is 18.2 Å². The van der Waals surface area contributed by atoms with Gasteiger partial charge in [-0.2, -0.15) is 5.10 Å². The monoisotopic (exact) mass is 404 g/mol. The first-order chi connectivity index (χ1) is 13.7. The normalized spacial score (nSPS) is 18.2. The highest BCUT2D eigenvalue weighted by Crippen LogP contribution is 2.34. The molecule has 2 atom stereocenters. The van der Waals surface area contributed by atoms with Crippen molar-refractivity contribution in [3.63, 3.8) is 0 Å². The van der Waals surface area contributed by atoms with E-state index in [1.165, 1.54) is 6.42 Å². The Morgan fingerprint density at radius 3 is 3.07 bits per heavy atom. The van der Waals surface area contributed by atoms with Crippen molar-refractivity contribution in [3.05, 3.63) is 36.2 Å². The molecule has 2 unspecified atom stereocenters. The van der Waals surface area contributed by atoms with E-state index in [1.807, 2.05) is 29.1 Å². The molecule has 0 bridgehead atoms. The first-order valence-corrected chi connectivity index (χ1v) is 10.7. The third-order valence-corrected chi connectivity index (χ3v) is 5.86. The van der Waals surface area contributed by atoms with Gasteiger partial charge in [0.2, 0.25) is 0 Å². The molecule has 0 spiro atoms. The number of methoxy groups -OCH3 is 1. The zero-order chi connectivity index (χ0) is 19.3. The minimum absolute atomic E-state index is 0.202. The Bertz CT molecular complexity index is 935. The molecule has 1 saturated heterocycles. The summed E-state index contributed by atoms with van der Waals surface area (Å²) < 4.78 is 34.0. The van der Waals surface area contributed by atoms with Crippen LogP contribution in [-0.2, 0) is 22.3 Å². The molecule has 3 heterocycles. The quantitative estimate of drug-likeness (QED) is 0.620. The van der Waals surface area contributed by atoms with E-state index in [9.17, 15) is 4.21 Å². The van der Waals surface area contributed by atoms with Crippen molar-refractivity contribution in [2.24, 2.45) is 0 Å². The Balaban J connectivity index is 1.47. The summed E-state index contributed by atoms with van der Waals surface area (Å²) in [4.78, 5) is 0. The van der Waals surface area contributed by atoms with Crippen LogP contribution in [0.15, 0.2) is 35.1 Å². The Labute approximate surface area is 165 Å². The number of rotatable bonds is 8. The van der Waals surface area contributed by atoms with Crippen molar-refractivity contribution in [2.75, 3.05) is 24.2 Å². The lowest BCUT2D eigenvalue weighted by Crippen LogP contribution is -2.22. The Morgan fingerprint density at radius 2 is 2.32 bits per heavy atom. The summed E-state index contributed by atoms with van der Waals surface area (Å²) in [5.74, 6) is 1.55. The van der Waals surface area contributed by atoms with Crippen LogP contribution in [0, 0.1) is 0 Å². The average Bonchev–Trinajstić information content (AvgIpc) is 3.37. The van der Waals surface area contributed by atoms with E-state index in [0.717, 1.165) is 31.4 Å². The van der Waals surface area contributed by atoms with Gasteiger partial charge in [-0.1, -0.05) is 5.16 Å². The van der Waals surface area contributed by atoms with E-state index in [1.54, 1.807) is 13.3 Å². The fourth-order valence-corrected chi connectivity index (χ4v) is 4.36. The van der Waals surface area contributed by atoms with Gasteiger partial charge in [-0.3, -0.25) is 9.40 Å². The second kappa shape index (κ2) is 8.74. The van der Waals surface area contributed by atoms with Crippen molar-refractivity contribution >= 4 is 27.8 Å². The fourth-order valence-electron chi connectivity index (χ4n) is 3.43. The highest BCUT2D eigenvalue weighted by Gasteiger charge is 2.19. The van der Waals surface area contributed by atoms with E-state index in [4.69, 9.17) is 14.0 Å². The smallest absolute Gasteiger partial charge is 0.192 e. The van der Waals surface area contributed by atoms with Crippen LogP contribution in [0.3, 0.4) is 0 Å². The molecule has 1 aromatic carbocycles. The SMILES string of the molecule is COc1cc(Cn2cccn2)cc2onc(NS(=O)CCC3CCCCO3)c12. The fraction of sp³-hybridized carbons (Fsp3) is 0.474. The van der Waals surface area contributed by atoms with E-state index >= 15 is 0 Å². The van der Waals surface area contributed by atoms with Gasteiger partial charge in [0.25, 0.3) is 0 Å². The molecule has 8 nitrogen and oxygen atoms in total. The van der Waals surface area contributed by atoms with Gasteiger partial charge in [-0.05, 0) is 49.4 Å². The van der Waals surface area contributed by atoms with Crippen LogP contribution in [0.2, 0.25) is 0 Å². The third kappa shape index (κ3) is 4.36. The largest absolute Gasteiger partial charge is 0.496 e. The van der Waals surface area contributed by atoms with Gasteiger partial charge in [0, 0.05) is 24.8 Å². The molecule has 0 radical (unpaired) electrons. The van der Waals surface area contributed by atoms with Gasteiger partial charge in [-0.25, -0.2) is 4.21 Å². The number of nitrogens with zero attached hydrogens (tertiary/aromatic N) is 3. The highest BCUT2D eigenvalue weighted by molar-refractivity contribution is 7.86. The molecule has 1 aliphatic rings. The summed E-state index contributed by atoms with van der Waals surface area (Å²) in [6.07, 6.45) is 7.93. The minimum atomic E-state index is -1.27. The molecule has 0 saturated carbocycles. The molecule has 150 valence electrons. The predicted octanol–water partition coefficient (Wildman–Crippen LogP) is 3.12. The van der Waals surface area contributed by atoms with Gasteiger partial charge in [0.05, 0.1) is 19.8 Å². The van der Waals surface area contributed by atoms with Crippen molar-refractivity contribution in [1.82, 2.24) is 14.9 Å². The van der Waals surface area contributed by atoms with Gasteiger partial charge in [0.1, 0.15) is 22.1 Å². The zero-order valence-electron chi connectivity index (χ0n) is 15.8. The molecule has 4 rings (SSSR count). The van der Waals surface area contributed by atoms with Crippen LogP contribution in [0.1, 0.15) is 31.2 Å². The molecule has 9 heteroatoms. The van der Waals surface area contributed by atoms with Crippen molar-refractivity contribution in [2.45, 2.75) is 38.3 Å². The summed E-state index contributed by atoms with van der Waals surface area (Å²) in [5, 5.41) is 8.97. The molecule has 1 aliphatic heterocycles. The van der Waals surface area contributed by atoms with Gasteiger partial charge in [-0.15, -0.1) is 0 Å². The molecule has 3 aromatic rings. The summed E-state index contributed by atoms with van der Waals surface area (Å²) in [5.41, 5.74) is 1.56. The zero-order valence-corrected chi connectivity index (χ0v) is 16.6. The number of hydrogen-bond acceptors (Lipinski definition) is 6. The molecule has 2 aromatic heterocycles. The predicted molar refractivity (Wildman–Crippen MR) is 107 cm³/mol. The molecule has 0 amide bonds. The molecule has 1 N–H and O–H groups in total. The highest BCUT2D eigenvalue weighted by atomic mass is 32.2. The van der Waals surface area contributed by atoms with Crippen LogP contribution in [-0.4, -0.2) is 44.7 Å². The third-order valence-electron chi connectivity index (χ3n) is 4.83. The van der Waals surface area contributed by atoms with E-state index in [0.29, 0.717) is 34.8 Å². The average molecular weight is 404 g/mol. The number of fused-ring (bicyclic) bond motifs is 1. The number of benzene rings is 1. The lowest BCUT2D eigenvalue weighted by Gasteiger charge is -2.22. The molecule has 28 heavy (non-hydrogen) atoms. The maximum Gasteiger partial charge on any atom is 0.192 e. The van der Waals surface area contributed by atoms with E-state index in [2.05, 4.69) is 15.0 Å². The Hall–Kier alpha value is -2.39. The van der Waals surface area contributed by atoms with Gasteiger partial charge in [0.15, 0.2) is 11.4 Å². The first kappa shape index (κ1) is 18.9. The second-order valence-electron chi connectivity index (χ2n) is 6.84. The summed E-state index contributed by atoms with van der Waals surface area (Å²) in [6, 6.07) is 5.70. The number of nitrogens with one attached hydrogen (secondary N) is 1. The number of ether oxygens (including phenoxy) is 2. The molecular formula is C19H24N4O4S. The van der Waals surface area contributed by atoms with Crippen LogP contribution in [0.5, 0.6) is 5.75 Å². The van der Waals surface area contributed by atoms with Crippen LogP contribution in [0.4, 0.5) is 5.82 Å². The standard InChI is InChI=1S/C19H24N4O4S/c1-25-16-11-14(13-23-8-4-7-20-23)12-17-18(16)19(21-27-17)22-28(24)10-6-15-5-2-3-9-26-15/h4,7-8,11-12,15H,2-3,5-6,9-10,13H2,1H3,(H,21,22). The van der Waals surface area contributed by atoms with Crippen LogP contribution in [0.25, 0.3) is 11.0 Å². The molecular weight excluding hydrogens is 380 g/mol. The van der Waals surface area contributed by atoms with Crippen LogP contribution >= 0.6 is 0 Å². The lowest BCUT2D eigenvalue weighted by atomic mass is 10.1. The van der Waals surface area contributed by atoms with Crippen molar-refractivity contribution in [3.8, 4) is 5.75 Å². The van der Waals surface area contributed by atoms with Gasteiger partial charge >= 0.3 is 0 Å². The van der Waals surface area contributed by atoms with Gasteiger partial charge < -0.3 is 14.0 Å². The number of aromatic nitrogens is 3. The number of anilines is 1. The van der Waals surface area contributed by atoms with E-state index < -0.39 is 11.0 Å². The topological polar surface area (TPSA) is 91.4 Å². The van der Waals surface area contributed by atoms with E-state index in [-0.39, 0.29) is 6.10 Å². The Kier molecular flexibility index (Phi) is 5.92. The summed E-state index contributed by atoms with van der Waals surface area (Å²) in [7, 11) is 0.327. The molecule has 1 fully saturated rings. The minimum Gasteiger partial charge on any atom is -0.496 e. The lowest BCUT2D eigenvalue weighted by molar-refractivity contribution is 0.0149. The maximum absolute atomic E-state index is 12.5. The first-order valence-electron chi connectivity index (χ1n) is 9.43. The van der Waals surface area contributed by atoms with Crippen molar-refractivity contribution in [1.29, 1.82) is 0 Å². The Morgan fingerprint density at radius 1 is 1.39 bits per heavy atom. The summed E-state index contributed by atoms with van der Waals surface area (Å²) >= 11 is 0.